The van der Waals surface area contributed by atoms with Gasteiger partial charge >= 0.3 is 0 Å². The zero-order chi connectivity index (χ0) is 54.7. The van der Waals surface area contributed by atoms with Crippen molar-refractivity contribution in [2.24, 2.45) is 0 Å². The summed E-state index contributed by atoms with van der Waals surface area (Å²) in [4.78, 5) is 1.70. The largest absolute Gasteiger partial charge is 0.497 e. The molecule has 0 aliphatic rings. The van der Waals surface area contributed by atoms with Crippen LogP contribution in [0, 0.1) is 20.8 Å². The lowest BCUT2D eigenvalue weighted by Crippen LogP contribution is -2.18. The normalized spacial score (nSPS) is 11.5. The maximum absolute atomic E-state index is 12.9. The minimum Gasteiger partial charge on any atom is -0.497 e. The van der Waals surface area contributed by atoms with Gasteiger partial charge in [0.05, 0.1) is 50.7 Å². The zero-order valence-corrected chi connectivity index (χ0v) is 46.0. The Kier molecular flexibility index (Phi) is 17.7. The van der Waals surface area contributed by atoms with Crippen molar-refractivity contribution in [1.82, 2.24) is 0 Å². The fraction of sp³-hybridized carbons (Fsp3) is 0.143. The molecule has 9 aromatic rings. The summed E-state index contributed by atoms with van der Waals surface area (Å²) in [6.07, 6.45) is 0. The molecule has 0 bridgehead atoms. The van der Waals surface area contributed by atoms with E-state index in [2.05, 4.69) is 38.1 Å². The summed E-state index contributed by atoms with van der Waals surface area (Å²) in [6, 6.07) is 64.1. The summed E-state index contributed by atoms with van der Waals surface area (Å²) in [6.45, 7) is 10.1. The van der Waals surface area contributed by atoms with E-state index in [-0.39, 0.29) is 20.1 Å². The van der Waals surface area contributed by atoms with Gasteiger partial charge in [0.1, 0.15) is 28.7 Å². The van der Waals surface area contributed by atoms with Crippen molar-refractivity contribution < 1.29 is 44.2 Å². The van der Waals surface area contributed by atoms with Crippen molar-refractivity contribution in [1.29, 1.82) is 0 Å². The van der Waals surface area contributed by atoms with Crippen LogP contribution >= 0.6 is 0 Å². The minimum absolute atomic E-state index is 0.184. The van der Waals surface area contributed by atoms with Crippen LogP contribution in [-0.4, -0.2) is 46.6 Å². The molecule has 76 heavy (non-hydrogen) atoms. The number of aryl methyl sites for hydroxylation is 3. The van der Waals surface area contributed by atoms with Crippen molar-refractivity contribution in [3.05, 3.63) is 246 Å². The number of benzene rings is 9. The first-order valence-electron chi connectivity index (χ1n) is 24.1. The Morgan fingerprint density at radius 2 is 0.474 bits per heavy atom. The molecule has 0 radical (unpaired) electrons. The molecule has 9 aromatic carbocycles. The predicted molar refractivity (Wildman–Crippen MR) is 299 cm³/mol. The maximum Gasteiger partial charge on any atom is 0.206 e. The van der Waals surface area contributed by atoms with Crippen LogP contribution in [0.15, 0.2) is 248 Å². The molecule has 0 spiro atoms. The molecule has 0 fully saturated rings. The summed E-state index contributed by atoms with van der Waals surface area (Å²) in [5.74, 6) is 3.52. The van der Waals surface area contributed by atoms with E-state index < -0.39 is 29.5 Å². The van der Waals surface area contributed by atoms with Crippen LogP contribution in [0.2, 0.25) is 0 Å². The van der Waals surface area contributed by atoms with Crippen molar-refractivity contribution >= 4 is 29.5 Å². The Labute approximate surface area is 448 Å². The van der Waals surface area contributed by atoms with Crippen molar-refractivity contribution in [3.8, 4) is 39.9 Å². The molecule has 0 unspecified atom stereocenters. The number of sulfone groups is 3. The second-order valence-electron chi connectivity index (χ2n) is 18.3. The molecule has 0 saturated carbocycles. The lowest BCUT2D eigenvalue weighted by Gasteiger charge is -2.26. The van der Waals surface area contributed by atoms with Gasteiger partial charge in [-0.1, -0.05) is 115 Å². The maximum atomic E-state index is 12.9. The summed E-state index contributed by atoms with van der Waals surface area (Å²) < 4.78 is 97.0. The summed E-state index contributed by atoms with van der Waals surface area (Å²) in [5, 5.41) is 0. The quantitative estimate of drug-likeness (QED) is 0.103. The summed E-state index contributed by atoms with van der Waals surface area (Å²) in [7, 11) is -5.65. The topological polar surface area (TPSA) is 139 Å². The van der Waals surface area contributed by atoms with Gasteiger partial charge in [0.2, 0.25) is 29.5 Å². The Balaban J connectivity index is 0.000000175. The third-order valence-corrected chi connectivity index (χ3v) is 18.1. The van der Waals surface area contributed by atoms with E-state index in [1.807, 2.05) is 81.4 Å². The standard InChI is InChI=1S/C29H28O4S.C20H18O3S.C14H14O3S/c1-21-5-17-27(18-6-21)34(30,31)28-19-15-26(16-20-28)33-25-13-9-23(10-14-25)29(2,3)22-7-11-24(32-4)12-8-22;1-15-3-11-19(12-4-15)24(21,22)20-13-7-17(8-14-20)16-5-9-18(23-2)10-6-16;1-11-3-7-13(8-4-11)18(15,16)14-9-5-12(17-2)6-10-14/h5-20H,1-4H3;3-14H,1-2H3;3-10H,1-2H3. The number of hydrogen-bond acceptors (Lipinski definition) is 10. The summed E-state index contributed by atoms with van der Waals surface area (Å²) >= 11 is 0. The molecule has 0 atom stereocenters. The monoisotopic (exact) mass is 1070 g/mol. The van der Waals surface area contributed by atoms with Crippen LogP contribution in [0.25, 0.3) is 11.1 Å². The first-order chi connectivity index (χ1) is 36.2. The molecule has 13 heteroatoms. The third kappa shape index (κ3) is 13.5. The molecular formula is C63H60O10S3. The highest BCUT2D eigenvalue weighted by molar-refractivity contribution is 7.92. The van der Waals surface area contributed by atoms with Crippen molar-refractivity contribution in [3.63, 3.8) is 0 Å². The molecule has 0 N–H and O–H groups in total. The molecule has 390 valence electrons. The van der Waals surface area contributed by atoms with Crippen molar-refractivity contribution in [2.45, 2.75) is 69.4 Å². The third-order valence-electron chi connectivity index (χ3n) is 12.7. The second kappa shape index (κ2) is 24.1. The molecule has 9 rings (SSSR count). The average Bonchev–Trinajstić information content (AvgIpc) is 3.44. The molecule has 0 aliphatic heterocycles. The van der Waals surface area contributed by atoms with Crippen molar-refractivity contribution in [2.75, 3.05) is 21.3 Å². The van der Waals surface area contributed by atoms with Gasteiger partial charge < -0.3 is 18.9 Å². The molecule has 0 heterocycles. The predicted octanol–water partition coefficient (Wildman–Crippen LogP) is 14.3. The number of methoxy groups -OCH3 is 3. The van der Waals surface area contributed by atoms with Crippen LogP contribution in [0.1, 0.15) is 41.7 Å². The Bertz CT molecular complexity index is 3670. The van der Waals surface area contributed by atoms with Gasteiger partial charge in [-0.15, -0.1) is 0 Å². The van der Waals surface area contributed by atoms with Crippen LogP contribution in [0.4, 0.5) is 0 Å². The molecule has 0 aliphatic carbocycles. The average molecular weight is 1070 g/mol. The van der Waals surface area contributed by atoms with E-state index in [4.69, 9.17) is 18.9 Å². The van der Waals surface area contributed by atoms with E-state index >= 15 is 0 Å². The van der Waals surface area contributed by atoms with Gasteiger partial charge in [0.15, 0.2) is 0 Å². The molecule has 0 saturated heterocycles. The SMILES string of the molecule is COc1ccc(-c2ccc(S(=O)(=O)c3ccc(C)cc3)cc2)cc1.COc1ccc(C(C)(C)c2ccc(Oc3ccc(S(=O)(=O)c4ccc(C)cc4)cc3)cc2)cc1.COc1ccc(S(=O)(=O)c2ccc(C)cc2)cc1. The zero-order valence-electron chi connectivity index (χ0n) is 43.6. The number of rotatable bonds is 14. The van der Waals surface area contributed by atoms with Gasteiger partial charge in [-0.3, -0.25) is 0 Å². The van der Waals surface area contributed by atoms with Gasteiger partial charge in [0, 0.05) is 5.41 Å². The van der Waals surface area contributed by atoms with Gasteiger partial charge in [0.25, 0.3) is 0 Å². The van der Waals surface area contributed by atoms with E-state index in [9.17, 15) is 25.3 Å². The molecule has 10 nitrogen and oxygen atoms in total. The van der Waals surface area contributed by atoms with Gasteiger partial charge in [-0.05, 0) is 176 Å². The fourth-order valence-electron chi connectivity index (χ4n) is 7.86. The van der Waals surface area contributed by atoms with E-state index in [1.165, 1.54) is 5.56 Å². The van der Waals surface area contributed by atoms with E-state index in [0.29, 0.717) is 31.9 Å². The highest BCUT2D eigenvalue weighted by Crippen LogP contribution is 2.35. The Morgan fingerprint density at radius 1 is 0.276 bits per heavy atom. The second-order valence-corrected chi connectivity index (χ2v) is 24.2. The van der Waals surface area contributed by atoms with Gasteiger partial charge in [-0.2, -0.15) is 0 Å². The van der Waals surface area contributed by atoms with Crippen LogP contribution in [0.3, 0.4) is 0 Å². The first kappa shape index (κ1) is 55.8. The Morgan fingerprint density at radius 3 is 0.750 bits per heavy atom. The lowest BCUT2D eigenvalue weighted by molar-refractivity contribution is 0.414. The molecule has 0 aromatic heterocycles. The van der Waals surface area contributed by atoms with E-state index in [0.717, 1.165) is 44.9 Å². The van der Waals surface area contributed by atoms with Gasteiger partial charge in [-0.25, -0.2) is 25.3 Å². The smallest absolute Gasteiger partial charge is 0.206 e. The highest BCUT2D eigenvalue weighted by atomic mass is 32.2. The first-order valence-corrected chi connectivity index (χ1v) is 28.6. The minimum atomic E-state index is -3.56. The summed E-state index contributed by atoms with van der Waals surface area (Å²) in [5.41, 5.74) is 7.21. The lowest BCUT2D eigenvalue weighted by atomic mass is 9.78. The van der Waals surface area contributed by atoms with Crippen LogP contribution < -0.4 is 18.9 Å². The molecular weight excluding hydrogens is 1010 g/mol. The highest BCUT2D eigenvalue weighted by Gasteiger charge is 2.24. The number of ether oxygens (including phenoxy) is 4. The molecule has 0 amide bonds. The van der Waals surface area contributed by atoms with Crippen LogP contribution in [-0.2, 0) is 34.9 Å². The Hall–Kier alpha value is -7.97. The van der Waals surface area contributed by atoms with Crippen LogP contribution in [0.5, 0.6) is 28.7 Å². The number of hydrogen-bond donors (Lipinski definition) is 0. The fourth-order valence-corrected chi connectivity index (χ4v) is 11.6. The van der Waals surface area contributed by atoms with E-state index in [1.54, 1.807) is 155 Å².